The van der Waals surface area contributed by atoms with Crippen molar-refractivity contribution in [3.63, 3.8) is 0 Å². The fourth-order valence-corrected chi connectivity index (χ4v) is 2.52. The SMILES string of the molecule is CC(C)(C)c1ccc(NC(=O)NCC(C)(C)c2ccccc2)cc1. The first kappa shape index (κ1) is 18.1. The van der Waals surface area contributed by atoms with Gasteiger partial charge in [0, 0.05) is 17.6 Å². The van der Waals surface area contributed by atoms with Gasteiger partial charge in [-0.2, -0.15) is 0 Å². The number of anilines is 1. The number of hydrogen-bond donors (Lipinski definition) is 2. The summed E-state index contributed by atoms with van der Waals surface area (Å²) in [7, 11) is 0. The molecule has 2 N–H and O–H groups in total. The van der Waals surface area contributed by atoms with Crippen LogP contribution in [0.4, 0.5) is 10.5 Å². The minimum absolute atomic E-state index is 0.112. The van der Waals surface area contributed by atoms with Gasteiger partial charge < -0.3 is 10.6 Å². The average Bonchev–Trinajstić information content (AvgIpc) is 2.54. The molecule has 0 atom stereocenters. The molecule has 24 heavy (non-hydrogen) atoms. The molecule has 0 aliphatic heterocycles. The van der Waals surface area contributed by atoms with Gasteiger partial charge >= 0.3 is 6.03 Å². The molecule has 0 aromatic heterocycles. The van der Waals surface area contributed by atoms with Gasteiger partial charge in [0.05, 0.1) is 0 Å². The first-order chi connectivity index (χ1) is 11.2. The molecule has 0 heterocycles. The Balaban J connectivity index is 1.92. The summed E-state index contributed by atoms with van der Waals surface area (Å²) in [6.45, 7) is 11.3. The maximum Gasteiger partial charge on any atom is 0.319 e. The molecular weight excluding hydrogens is 296 g/mol. The molecule has 0 bridgehead atoms. The van der Waals surface area contributed by atoms with Crippen molar-refractivity contribution in [2.24, 2.45) is 0 Å². The number of benzene rings is 2. The zero-order valence-electron chi connectivity index (χ0n) is 15.3. The maximum absolute atomic E-state index is 12.2. The lowest BCUT2D eigenvalue weighted by Gasteiger charge is -2.25. The Labute approximate surface area is 145 Å². The predicted octanol–water partition coefficient (Wildman–Crippen LogP) is 5.08. The molecule has 0 radical (unpaired) electrons. The largest absolute Gasteiger partial charge is 0.337 e. The van der Waals surface area contributed by atoms with Gasteiger partial charge in [0.25, 0.3) is 0 Å². The molecule has 3 nitrogen and oxygen atoms in total. The third kappa shape index (κ3) is 4.85. The molecule has 0 unspecified atom stereocenters. The van der Waals surface area contributed by atoms with Gasteiger partial charge in [-0.25, -0.2) is 4.79 Å². The van der Waals surface area contributed by atoms with E-state index in [1.165, 1.54) is 11.1 Å². The summed E-state index contributed by atoms with van der Waals surface area (Å²) in [5, 5.41) is 5.86. The minimum atomic E-state index is -0.178. The van der Waals surface area contributed by atoms with Crippen molar-refractivity contribution in [1.82, 2.24) is 5.32 Å². The summed E-state index contributed by atoms with van der Waals surface area (Å²) in [5.41, 5.74) is 3.26. The number of hydrogen-bond acceptors (Lipinski definition) is 1. The van der Waals surface area contributed by atoms with E-state index in [4.69, 9.17) is 0 Å². The normalized spacial score (nSPS) is 11.9. The quantitative estimate of drug-likeness (QED) is 0.808. The van der Waals surface area contributed by atoms with E-state index < -0.39 is 0 Å². The monoisotopic (exact) mass is 324 g/mol. The molecule has 0 saturated heterocycles. The standard InChI is InChI=1S/C21H28N2O/c1-20(2,3)16-11-13-18(14-12-16)23-19(24)22-15-21(4,5)17-9-7-6-8-10-17/h6-14H,15H2,1-5H3,(H2,22,23,24). The van der Waals surface area contributed by atoms with Crippen molar-refractivity contribution in [3.8, 4) is 0 Å². The third-order valence-electron chi connectivity index (χ3n) is 4.25. The number of amides is 2. The Kier molecular flexibility index (Phi) is 5.33. The maximum atomic E-state index is 12.2. The highest BCUT2D eigenvalue weighted by atomic mass is 16.2. The highest BCUT2D eigenvalue weighted by molar-refractivity contribution is 5.89. The van der Waals surface area contributed by atoms with Gasteiger partial charge in [-0.1, -0.05) is 77.1 Å². The van der Waals surface area contributed by atoms with Crippen LogP contribution in [-0.4, -0.2) is 12.6 Å². The van der Waals surface area contributed by atoms with Crippen molar-refractivity contribution >= 4 is 11.7 Å². The second-order valence-electron chi connectivity index (χ2n) is 7.88. The third-order valence-corrected chi connectivity index (χ3v) is 4.25. The molecule has 3 heteroatoms. The summed E-state index contributed by atoms with van der Waals surface area (Å²) < 4.78 is 0. The van der Waals surface area contributed by atoms with Crippen LogP contribution >= 0.6 is 0 Å². The lowest BCUT2D eigenvalue weighted by Crippen LogP contribution is -2.38. The van der Waals surface area contributed by atoms with Crippen LogP contribution in [0, 0.1) is 0 Å². The summed E-state index contributed by atoms with van der Waals surface area (Å²) in [6.07, 6.45) is 0. The number of carbonyl (C=O) groups excluding carboxylic acids is 1. The highest BCUT2D eigenvalue weighted by Crippen LogP contribution is 2.24. The van der Waals surface area contributed by atoms with Crippen LogP contribution in [-0.2, 0) is 10.8 Å². The summed E-state index contributed by atoms with van der Waals surface area (Å²) >= 11 is 0. The molecule has 0 saturated carbocycles. The summed E-state index contributed by atoms with van der Waals surface area (Å²) in [6, 6.07) is 18.1. The second kappa shape index (κ2) is 7.08. The van der Waals surface area contributed by atoms with Crippen LogP contribution in [0.3, 0.4) is 0 Å². The van der Waals surface area contributed by atoms with Crippen LogP contribution in [0.5, 0.6) is 0 Å². The van der Waals surface area contributed by atoms with E-state index in [0.717, 1.165) is 5.69 Å². The molecule has 0 aliphatic carbocycles. The van der Waals surface area contributed by atoms with E-state index in [9.17, 15) is 4.79 Å². The molecule has 2 rings (SSSR count). The number of urea groups is 1. The molecule has 128 valence electrons. The van der Waals surface area contributed by atoms with Gasteiger partial charge in [-0.05, 0) is 28.7 Å². The Bertz CT molecular complexity index is 667. The highest BCUT2D eigenvalue weighted by Gasteiger charge is 2.21. The molecule has 0 spiro atoms. The van der Waals surface area contributed by atoms with Crippen molar-refractivity contribution in [3.05, 3.63) is 65.7 Å². The summed E-state index contributed by atoms with van der Waals surface area (Å²) in [5.74, 6) is 0. The van der Waals surface area contributed by atoms with Gasteiger partial charge in [-0.3, -0.25) is 0 Å². The Morgan fingerprint density at radius 1 is 0.833 bits per heavy atom. The predicted molar refractivity (Wildman–Crippen MR) is 102 cm³/mol. The van der Waals surface area contributed by atoms with Crippen molar-refractivity contribution in [2.75, 3.05) is 11.9 Å². The van der Waals surface area contributed by atoms with Crippen LogP contribution in [0.1, 0.15) is 45.7 Å². The smallest absolute Gasteiger partial charge is 0.319 e. The zero-order valence-corrected chi connectivity index (χ0v) is 15.3. The van der Waals surface area contributed by atoms with Crippen LogP contribution in [0.2, 0.25) is 0 Å². The van der Waals surface area contributed by atoms with Gasteiger partial charge in [0.15, 0.2) is 0 Å². The fraction of sp³-hybridized carbons (Fsp3) is 0.381. The van der Waals surface area contributed by atoms with E-state index in [-0.39, 0.29) is 16.9 Å². The van der Waals surface area contributed by atoms with Crippen LogP contribution in [0.25, 0.3) is 0 Å². The van der Waals surface area contributed by atoms with E-state index in [0.29, 0.717) is 6.54 Å². The fourth-order valence-electron chi connectivity index (χ4n) is 2.52. The van der Waals surface area contributed by atoms with Crippen LogP contribution in [0.15, 0.2) is 54.6 Å². The van der Waals surface area contributed by atoms with Crippen molar-refractivity contribution in [1.29, 1.82) is 0 Å². The van der Waals surface area contributed by atoms with Crippen molar-refractivity contribution in [2.45, 2.75) is 45.4 Å². The topological polar surface area (TPSA) is 41.1 Å². The van der Waals surface area contributed by atoms with Gasteiger partial charge in [-0.15, -0.1) is 0 Å². The van der Waals surface area contributed by atoms with Crippen LogP contribution < -0.4 is 10.6 Å². The number of rotatable bonds is 4. The molecule has 0 fully saturated rings. The molecule has 2 amide bonds. The number of carbonyl (C=O) groups is 1. The molecule has 2 aromatic carbocycles. The minimum Gasteiger partial charge on any atom is -0.337 e. The first-order valence-electron chi connectivity index (χ1n) is 8.39. The van der Waals surface area contributed by atoms with E-state index in [1.54, 1.807) is 0 Å². The molecule has 0 aliphatic rings. The molecule has 2 aromatic rings. The van der Waals surface area contributed by atoms with E-state index in [2.05, 4.69) is 69.5 Å². The Hall–Kier alpha value is -2.29. The Morgan fingerprint density at radius 2 is 1.42 bits per heavy atom. The second-order valence-corrected chi connectivity index (χ2v) is 7.88. The number of nitrogens with one attached hydrogen (secondary N) is 2. The van der Waals surface area contributed by atoms with E-state index >= 15 is 0 Å². The zero-order chi connectivity index (χ0) is 17.8. The Morgan fingerprint density at radius 3 is 1.96 bits per heavy atom. The van der Waals surface area contributed by atoms with Gasteiger partial charge in [0.1, 0.15) is 0 Å². The summed E-state index contributed by atoms with van der Waals surface area (Å²) in [4.78, 5) is 12.2. The lowest BCUT2D eigenvalue weighted by atomic mass is 9.85. The lowest BCUT2D eigenvalue weighted by molar-refractivity contribution is 0.249. The average molecular weight is 324 g/mol. The van der Waals surface area contributed by atoms with Gasteiger partial charge in [0.2, 0.25) is 0 Å². The first-order valence-corrected chi connectivity index (χ1v) is 8.39. The van der Waals surface area contributed by atoms with E-state index in [1.807, 2.05) is 30.3 Å². The van der Waals surface area contributed by atoms with Crippen molar-refractivity contribution < 1.29 is 4.79 Å². The molecular formula is C21H28N2O.